The molecule has 0 aliphatic carbocycles. The first-order valence-corrected chi connectivity index (χ1v) is 7.15. The summed E-state index contributed by atoms with van der Waals surface area (Å²) < 4.78 is 6.52. The molecule has 1 rings (SSSR count). The highest BCUT2D eigenvalue weighted by Gasteiger charge is 2.16. The standard InChI is InChI=1S/C14H20BrNO3/c1-10(4-3-9-17)16-14(18)11(2)19-13-7-5-12(15)6-8-13/h5-8,10-11,17H,3-4,9H2,1-2H3,(H,16,18). The fourth-order valence-electron chi connectivity index (χ4n) is 1.60. The van der Waals surface area contributed by atoms with E-state index >= 15 is 0 Å². The van der Waals surface area contributed by atoms with Gasteiger partial charge in [-0.25, -0.2) is 0 Å². The zero-order chi connectivity index (χ0) is 14.3. The molecule has 5 heteroatoms. The summed E-state index contributed by atoms with van der Waals surface area (Å²) in [5.74, 6) is 0.516. The Morgan fingerprint density at radius 1 is 1.37 bits per heavy atom. The third-order valence-corrected chi connectivity index (χ3v) is 3.21. The van der Waals surface area contributed by atoms with Gasteiger partial charge in [0.05, 0.1) is 0 Å². The van der Waals surface area contributed by atoms with Crippen LogP contribution in [0.15, 0.2) is 28.7 Å². The lowest BCUT2D eigenvalue weighted by Crippen LogP contribution is -2.41. The average Bonchev–Trinajstić information content (AvgIpc) is 2.39. The van der Waals surface area contributed by atoms with E-state index in [2.05, 4.69) is 21.2 Å². The third kappa shape index (κ3) is 6.07. The van der Waals surface area contributed by atoms with Gasteiger partial charge in [0.15, 0.2) is 6.10 Å². The molecule has 1 aromatic rings. The SMILES string of the molecule is CC(CCCO)NC(=O)C(C)Oc1ccc(Br)cc1. The summed E-state index contributed by atoms with van der Waals surface area (Å²) in [5.41, 5.74) is 0. The number of hydrogen-bond acceptors (Lipinski definition) is 3. The van der Waals surface area contributed by atoms with Crippen LogP contribution < -0.4 is 10.1 Å². The Kier molecular flexibility index (Phi) is 6.87. The number of nitrogens with one attached hydrogen (secondary N) is 1. The minimum atomic E-state index is -0.544. The van der Waals surface area contributed by atoms with Crippen molar-refractivity contribution in [3.8, 4) is 5.75 Å². The van der Waals surface area contributed by atoms with E-state index in [0.29, 0.717) is 12.2 Å². The molecule has 2 N–H and O–H groups in total. The first kappa shape index (κ1) is 16.0. The van der Waals surface area contributed by atoms with Crippen molar-refractivity contribution in [3.05, 3.63) is 28.7 Å². The molecule has 0 bridgehead atoms. The number of ether oxygens (including phenoxy) is 1. The Bertz CT molecular complexity index is 394. The number of rotatable bonds is 7. The second-order valence-electron chi connectivity index (χ2n) is 4.49. The molecule has 106 valence electrons. The number of benzene rings is 1. The van der Waals surface area contributed by atoms with Gasteiger partial charge in [0.1, 0.15) is 5.75 Å². The Morgan fingerprint density at radius 2 is 2.00 bits per heavy atom. The van der Waals surface area contributed by atoms with Gasteiger partial charge in [-0.15, -0.1) is 0 Å². The second-order valence-corrected chi connectivity index (χ2v) is 5.41. The minimum absolute atomic E-state index is 0.0376. The summed E-state index contributed by atoms with van der Waals surface area (Å²) in [6, 6.07) is 7.38. The van der Waals surface area contributed by atoms with Crippen molar-refractivity contribution < 1.29 is 14.6 Å². The van der Waals surface area contributed by atoms with Gasteiger partial charge in [-0.1, -0.05) is 15.9 Å². The molecule has 1 amide bonds. The highest BCUT2D eigenvalue weighted by atomic mass is 79.9. The summed E-state index contributed by atoms with van der Waals surface area (Å²) >= 11 is 3.34. The van der Waals surface area contributed by atoms with Gasteiger partial charge in [-0.3, -0.25) is 4.79 Å². The molecular formula is C14H20BrNO3. The number of carbonyl (C=O) groups is 1. The number of amides is 1. The normalized spacial score (nSPS) is 13.7. The lowest BCUT2D eigenvalue weighted by atomic mass is 10.2. The molecule has 0 aliphatic rings. The topological polar surface area (TPSA) is 58.6 Å². The zero-order valence-corrected chi connectivity index (χ0v) is 12.8. The number of halogens is 1. The maximum absolute atomic E-state index is 11.9. The van der Waals surface area contributed by atoms with Crippen molar-refractivity contribution in [2.45, 2.75) is 38.8 Å². The molecule has 0 radical (unpaired) electrons. The Labute approximate surface area is 122 Å². The Hall–Kier alpha value is -1.07. The van der Waals surface area contributed by atoms with E-state index in [4.69, 9.17) is 9.84 Å². The maximum Gasteiger partial charge on any atom is 0.260 e. The number of aliphatic hydroxyl groups is 1. The van der Waals surface area contributed by atoms with Crippen LogP contribution >= 0.6 is 15.9 Å². The van der Waals surface area contributed by atoms with Crippen LogP contribution in [0.1, 0.15) is 26.7 Å². The van der Waals surface area contributed by atoms with E-state index < -0.39 is 6.10 Å². The van der Waals surface area contributed by atoms with Crippen LogP contribution in [0.2, 0.25) is 0 Å². The summed E-state index contributed by atoms with van der Waals surface area (Å²) in [7, 11) is 0. The first-order valence-electron chi connectivity index (χ1n) is 6.36. The van der Waals surface area contributed by atoms with E-state index in [0.717, 1.165) is 10.9 Å². The smallest absolute Gasteiger partial charge is 0.260 e. The highest BCUT2D eigenvalue weighted by Crippen LogP contribution is 2.17. The summed E-state index contributed by atoms with van der Waals surface area (Å²) in [4.78, 5) is 11.9. The molecule has 0 spiro atoms. The van der Waals surface area contributed by atoms with E-state index in [1.165, 1.54) is 0 Å². The van der Waals surface area contributed by atoms with Crippen molar-refractivity contribution in [1.82, 2.24) is 5.32 Å². The van der Waals surface area contributed by atoms with Crippen LogP contribution in [0.25, 0.3) is 0 Å². The predicted molar refractivity (Wildman–Crippen MR) is 78.2 cm³/mol. The molecule has 0 saturated carbocycles. The van der Waals surface area contributed by atoms with E-state index in [9.17, 15) is 4.79 Å². The van der Waals surface area contributed by atoms with Gasteiger partial charge in [0.25, 0.3) is 5.91 Å². The van der Waals surface area contributed by atoms with Crippen LogP contribution in [0.4, 0.5) is 0 Å². The first-order chi connectivity index (χ1) is 9.02. The lowest BCUT2D eigenvalue weighted by Gasteiger charge is -2.18. The van der Waals surface area contributed by atoms with Gasteiger partial charge in [0, 0.05) is 17.1 Å². The lowest BCUT2D eigenvalue weighted by molar-refractivity contribution is -0.127. The molecule has 2 atom stereocenters. The molecule has 19 heavy (non-hydrogen) atoms. The summed E-state index contributed by atoms with van der Waals surface area (Å²) in [5, 5.41) is 11.6. The monoisotopic (exact) mass is 329 g/mol. The van der Waals surface area contributed by atoms with Crippen molar-refractivity contribution in [1.29, 1.82) is 0 Å². The largest absolute Gasteiger partial charge is 0.481 e. The number of hydrogen-bond donors (Lipinski definition) is 2. The van der Waals surface area contributed by atoms with Crippen LogP contribution in [0.3, 0.4) is 0 Å². The van der Waals surface area contributed by atoms with Gasteiger partial charge < -0.3 is 15.2 Å². The molecule has 0 aliphatic heterocycles. The number of carbonyl (C=O) groups excluding carboxylic acids is 1. The third-order valence-electron chi connectivity index (χ3n) is 2.68. The molecule has 0 fully saturated rings. The summed E-state index contributed by atoms with van der Waals surface area (Å²) in [6.07, 6.45) is 0.897. The molecule has 1 aromatic carbocycles. The van der Waals surface area contributed by atoms with Crippen molar-refractivity contribution in [3.63, 3.8) is 0 Å². The Balaban J connectivity index is 2.42. The fraction of sp³-hybridized carbons (Fsp3) is 0.500. The highest BCUT2D eigenvalue weighted by molar-refractivity contribution is 9.10. The van der Waals surface area contributed by atoms with Crippen LogP contribution in [0.5, 0.6) is 5.75 Å². The molecule has 4 nitrogen and oxygen atoms in total. The molecule has 2 unspecified atom stereocenters. The molecule has 0 saturated heterocycles. The van der Waals surface area contributed by atoms with E-state index in [1.807, 2.05) is 31.2 Å². The molecular weight excluding hydrogens is 310 g/mol. The molecule has 0 heterocycles. The van der Waals surface area contributed by atoms with Gasteiger partial charge >= 0.3 is 0 Å². The number of aliphatic hydroxyl groups excluding tert-OH is 1. The fourth-order valence-corrected chi connectivity index (χ4v) is 1.86. The zero-order valence-electron chi connectivity index (χ0n) is 11.2. The van der Waals surface area contributed by atoms with Crippen molar-refractivity contribution >= 4 is 21.8 Å². The van der Waals surface area contributed by atoms with Gasteiger partial charge in [-0.2, -0.15) is 0 Å². The molecule has 0 aromatic heterocycles. The second kappa shape index (κ2) is 8.17. The quantitative estimate of drug-likeness (QED) is 0.808. The summed E-state index contributed by atoms with van der Waals surface area (Å²) in [6.45, 7) is 3.78. The predicted octanol–water partition coefficient (Wildman–Crippen LogP) is 2.49. The maximum atomic E-state index is 11.9. The van der Waals surface area contributed by atoms with Crippen molar-refractivity contribution in [2.24, 2.45) is 0 Å². The van der Waals surface area contributed by atoms with E-state index in [-0.39, 0.29) is 18.6 Å². The Morgan fingerprint density at radius 3 is 2.58 bits per heavy atom. The van der Waals surface area contributed by atoms with Gasteiger partial charge in [-0.05, 0) is 51.0 Å². The van der Waals surface area contributed by atoms with Crippen LogP contribution in [-0.2, 0) is 4.79 Å². The van der Waals surface area contributed by atoms with Crippen LogP contribution in [-0.4, -0.2) is 29.8 Å². The average molecular weight is 330 g/mol. The minimum Gasteiger partial charge on any atom is -0.481 e. The van der Waals surface area contributed by atoms with Crippen LogP contribution in [0, 0.1) is 0 Å². The van der Waals surface area contributed by atoms with Gasteiger partial charge in [0.2, 0.25) is 0 Å². The van der Waals surface area contributed by atoms with Crippen molar-refractivity contribution in [2.75, 3.05) is 6.61 Å². The van der Waals surface area contributed by atoms with E-state index in [1.54, 1.807) is 6.92 Å².